The monoisotopic (exact) mass is 553 g/mol. The van der Waals surface area contributed by atoms with E-state index in [9.17, 15) is 14.4 Å². The Hall–Kier alpha value is -4.37. The molecule has 2 heterocycles. The van der Waals surface area contributed by atoms with Crippen molar-refractivity contribution < 1.29 is 19.1 Å². The van der Waals surface area contributed by atoms with Crippen LogP contribution in [0, 0.1) is 5.41 Å². The molecule has 3 amide bonds. The molecule has 0 saturated carbocycles. The van der Waals surface area contributed by atoms with E-state index in [4.69, 9.17) is 4.74 Å². The number of anilines is 2. The minimum Gasteiger partial charge on any atom is -0.363 e. The van der Waals surface area contributed by atoms with Gasteiger partial charge in [-0.05, 0) is 53.3 Å². The molecule has 9 heteroatoms. The van der Waals surface area contributed by atoms with Crippen LogP contribution in [-0.4, -0.2) is 54.2 Å². The second kappa shape index (κ2) is 11.2. The van der Waals surface area contributed by atoms with Gasteiger partial charge in [-0.1, -0.05) is 57.2 Å². The van der Waals surface area contributed by atoms with Gasteiger partial charge in [-0.25, -0.2) is 4.98 Å². The molecule has 2 aromatic carbocycles. The van der Waals surface area contributed by atoms with Gasteiger partial charge in [-0.3, -0.25) is 19.4 Å². The summed E-state index contributed by atoms with van der Waals surface area (Å²) in [6.45, 7) is 5.91. The zero-order valence-electron chi connectivity index (χ0n) is 23.9. The van der Waals surface area contributed by atoms with Gasteiger partial charge in [0, 0.05) is 42.7 Å². The number of rotatable bonds is 8. The van der Waals surface area contributed by atoms with Gasteiger partial charge in [0.1, 0.15) is 19.1 Å². The minimum absolute atomic E-state index is 0.0446. The SMILES string of the molecule is COCN=Cc1ccccc1CN(CC(=O)Nc1ccc2c(c1)CC1(C2)C(=O)Nc2ncccc21)C(=O)C(C)(C)C. The van der Waals surface area contributed by atoms with Crippen LogP contribution in [0.4, 0.5) is 11.5 Å². The van der Waals surface area contributed by atoms with Crippen LogP contribution in [0.2, 0.25) is 0 Å². The summed E-state index contributed by atoms with van der Waals surface area (Å²) in [5.41, 5.74) is 4.02. The quantitative estimate of drug-likeness (QED) is 0.408. The molecule has 3 aromatic rings. The second-order valence-electron chi connectivity index (χ2n) is 11.7. The molecule has 212 valence electrons. The highest BCUT2D eigenvalue weighted by atomic mass is 16.5. The number of ether oxygens (including phenoxy) is 1. The van der Waals surface area contributed by atoms with Crippen molar-refractivity contribution >= 4 is 35.4 Å². The summed E-state index contributed by atoms with van der Waals surface area (Å²) >= 11 is 0. The predicted octanol–water partition coefficient (Wildman–Crippen LogP) is 4.11. The lowest BCUT2D eigenvalue weighted by Crippen LogP contribution is -2.43. The van der Waals surface area contributed by atoms with E-state index in [-0.39, 0.29) is 37.5 Å². The average Bonchev–Trinajstić information content (AvgIpc) is 3.45. The highest BCUT2D eigenvalue weighted by Crippen LogP contribution is 2.46. The topological polar surface area (TPSA) is 113 Å². The van der Waals surface area contributed by atoms with Gasteiger partial charge in [0.25, 0.3) is 0 Å². The summed E-state index contributed by atoms with van der Waals surface area (Å²) in [5.74, 6) is 0.145. The third-order valence-electron chi connectivity index (χ3n) is 7.58. The Morgan fingerprint density at radius 3 is 2.68 bits per heavy atom. The second-order valence-corrected chi connectivity index (χ2v) is 11.7. The Bertz CT molecular complexity index is 1530. The maximum atomic E-state index is 13.4. The Morgan fingerprint density at radius 1 is 1.12 bits per heavy atom. The molecule has 0 fully saturated rings. The Morgan fingerprint density at radius 2 is 1.90 bits per heavy atom. The number of benzene rings is 2. The fourth-order valence-electron chi connectivity index (χ4n) is 5.61. The molecule has 2 N–H and O–H groups in total. The van der Waals surface area contributed by atoms with Crippen LogP contribution in [0.5, 0.6) is 0 Å². The number of carbonyl (C=O) groups is 3. The van der Waals surface area contributed by atoms with Crippen LogP contribution in [0.25, 0.3) is 0 Å². The molecular formula is C32H35N5O4. The number of hydrogen-bond acceptors (Lipinski definition) is 6. The summed E-state index contributed by atoms with van der Waals surface area (Å²) in [4.78, 5) is 49.9. The van der Waals surface area contributed by atoms with E-state index in [1.807, 2.05) is 75.4 Å². The molecule has 1 atom stereocenters. The Kier molecular flexibility index (Phi) is 7.73. The summed E-state index contributed by atoms with van der Waals surface area (Å²) in [7, 11) is 1.58. The molecule has 1 aromatic heterocycles. The van der Waals surface area contributed by atoms with Gasteiger partial charge in [0.15, 0.2) is 0 Å². The molecule has 1 aliphatic heterocycles. The van der Waals surface area contributed by atoms with Gasteiger partial charge < -0.3 is 20.3 Å². The molecule has 1 spiro atoms. The lowest BCUT2D eigenvalue weighted by molar-refractivity contribution is -0.142. The highest BCUT2D eigenvalue weighted by Gasteiger charge is 2.51. The molecular weight excluding hydrogens is 518 g/mol. The molecule has 5 rings (SSSR count). The summed E-state index contributed by atoms with van der Waals surface area (Å²) in [5, 5.41) is 5.89. The van der Waals surface area contributed by atoms with Crippen molar-refractivity contribution in [1.29, 1.82) is 0 Å². The average molecular weight is 554 g/mol. The van der Waals surface area contributed by atoms with Crippen molar-refractivity contribution in [2.45, 2.75) is 45.6 Å². The van der Waals surface area contributed by atoms with E-state index in [1.165, 1.54) is 0 Å². The maximum Gasteiger partial charge on any atom is 0.244 e. The summed E-state index contributed by atoms with van der Waals surface area (Å²) < 4.78 is 5.01. The molecule has 0 saturated heterocycles. The van der Waals surface area contributed by atoms with E-state index < -0.39 is 10.8 Å². The fraction of sp³-hybridized carbons (Fsp3) is 0.344. The van der Waals surface area contributed by atoms with E-state index in [0.29, 0.717) is 24.3 Å². The largest absolute Gasteiger partial charge is 0.363 e. The number of nitrogens with zero attached hydrogens (tertiary/aromatic N) is 3. The number of amides is 3. The molecule has 41 heavy (non-hydrogen) atoms. The van der Waals surface area contributed by atoms with Crippen molar-refractivity contribution in [1.82, 2.24) is 9.88 Å². The first-order valence-electron chi connectivity index (χ1n) is 13.7. The van der Waals surface area contributed by atoms with Crippen LogP contribution in [0.3, 0.4) is 0 Å². The first kappa shape index (κ1) is 28.2. The lowest BCUT2D eigenvalue weighted by atomic mass is 9.79. The predicted molar refractivity (Wildman–Crippen MR) is 158 cm³/mol. The van der Waals surface area contributed by atoms with E-state index in [0.717, 1.165) is 27.8 Å². The van der Waals surface area contributed by atoms with E-state index in [2.05, 4.69) is 20.6 Å². The van der Waals surface area contributed by atoms with Crippen LogP contribution in [0.15, 0.2) is 65.8 Å². The molecule has 0 radical (unpaired) electrons. The van der Waals surface area contributed by atoms with Gasteiger partial charge in [-0.15, -0.1) is 0 Å². The first-order valence-corrected chi connectivity index (χ1v) is 13.7. The lowest BCUT2D eigenvalue weighted by Gasteiger charge is -2.29. The molecule has 1 unspecified atom stereocenters. The third-order valence-corrected chi connectivity index (χ3v) is 7.58. The Labute approximate surface area is 240 Å². The maximum absolute atomic E-state index is 13.4. The van der Waals surface area contributed by atoms with Crippen molar-refractivity contribution in [3.05, 3.63) is 88.6 Å². The molecule has 2 aliphatic rings. The number of fused-ring (bicyclic) bond motifs is 3. The van der Waals surface area contributed by atoms with Gasteiger partial charge in [0.2, 0.25) is 17.7 Å². The number of carbonyl (C=O) groups excluding carboxylic acids is 3. The van der Waals surface area contributed by atoms with Crippen molar-refractivity contribution in [3.63, 3.8) is 0 Å². The number of hydrogen-bond donors (Lipinski definition) is 2. The van der Waals surface area contributed by atoms with E-state index >= 15 is 0 Å². The fourth-order valence-corrected chi connectivity index (χ4v) is 5.61. The van der Waals surface area contributed by atoms with Crippen molar-refractivity contribution in [3.8, 4) is 0 Å². The van der Waals surface area contributed by atoms with Gasteiger partial charge >= 0.3 is 0 Å². The van der Waals surface area contributed by atoms with Gasteiger partial charge in [-0.2, -0.15) is 0 Å². The number of nitrogens with one attached hydrogen (secondary N) is 2. The normalized spacial score (nSPS) is 17.4. The van der Waals surface area contributed by atoms with Gasteiger partial charge in [0.05, 0.1) is 5.41 Å². The Balaban J connectivity index is 1.32. The minimum atomic E-state index is -0.676. The standard InChI is InChI=1S/C32H35N5O4/c1-31(2,3)30(40)37(18-23-9-6-5-8-22(23)17-33-20-41-4)19-27(38)35-25-12-11-21-15-32(16-24(21)14-25)26-10-7-13-34-28(26)36-29(32)39/h5-14,17H,15-16,18-20H2,1-4H3,(H,35,38)(H,34,36,39). The zero-order valence-corrected chi connectivity index (χ0v) is 23.9. The summed E-state index contributed by atoms with van der Waals surface area (Å²) in [6, 6.07) is 17.2. The van der Waals surface area contributed by atoms with Crippen LogP contribution >= 0.6 is 0 Å². The van der Waals surface area contributed by atoms with Crippen molar-refractivity contribution in [2.75, 3.05) is 31.0 Å². The van der Waals surface area contributed by atoms with Crippen LogP contribution < -0.4 is 10.6 Å². The van der Waals surface area contributed by atoms with Crippen LogP contribution in [-0.2, 0) is 43.9 Å². The number of aromatic nitrogens is 1. The van der Waals surface area contributed by atoms with Crippen LogP contribution in [0.1, 0.15) is 48.6 Å². The highest BCUT2D eigenvalue weighted by molar-refractivity contribution is 6.06. The zero-order chi connectivity index (χ0) is 29.2. The van der Waals surface area contributed by atoms with E-state index in [1.54, 1.807) is 24.4 Å². The number of aliphatic imine (C=N–C) groups is 1. The molecule has 1 aliphatic carbocycles. The first-order chi connectivity index (χ1) is 19.6. The molecule has 9 nitrogen and oxygen atoms in total. The smallest absolute Gasteiger partial charge is 0.244 e. The summed E-state index contributed by atoms with van der Waals surface area (Å²) in [6.07, 6.45) is 4.51. The molecule has 0 bridgehead atoms. The third kappa shape index (κ3) is 5.76. The van der Waals surface area contributed by atoms with Crippen molar-refractivity contribution in [2.24, 2.45) is 10.4 Å². The number of methoxy groups -OCH3 is 1. The number of pyridine rings is 1.